The summed E-state index contributed by atoms with van der Waals surface area (Å²) in [6.45, 7) is 0. The number of rotatable bonds is 7. The number of esters is 1. The van der Waals surface area contributed by atoms with Crippen molar-refractivity contribution >= 4 is 18.0 Å². The Hall–Kier alpha value is -1.19. The van der Waals surface area contributed by atoms with E-state index in [9.17, 15) is 14.4 Å². The van der Waals surface area contributed by atoms with Crippen molar-refractivity contribution in [3.63, 3.8) is 0 Å². The number of hydrogen-bond acceptors (Lipinski definition) is 4. The quantitative estimate of drug-likeness (QED) is 0.387. The van der Waals surface area contributed by atoms with E-state index < -0.39 is 0 Å². The van der Waals surface area contributed by atoms with Gasteiger partial charge in [0.05, 0.1) is 7.11 Å². The first-order valence-corrected chi connectivity index (χ1v) is 6.24. The van der Waals surface area contributed by atoms with E-state index >= 15 is 0 Å². The summed E-state index contributed by atoms with van der Waals surface area (Å²) < 4.78 is 4.54. The van der Waals surface area contributed by atoms with Gasteiger partial charge in [0.25, 0.3) is 0 Å². The molecule has 2 atom stereocenters. The van der Waals surface area contributed by atoms with Crippen LogP contribution in [-0.2, 0) is 19.1 Å². The van der Waals surface area contributed by atoms with Crippen LogP contribution in [0.25, 0.3) is 0 Å². The molecule has 1 rings (SSSR count). The van der Waals surface area contributed by atoms with Crippen LogP contribution in [0.5, 0.6) is 0 Å². The van der Waals surface area contributed by atoms with Gasteiger partial charge in [-0.1, -0.05) is 12.8 Å². The van der Waals surface area contributed by atoms with Crippen LogP contribution in [0.4, 0.5) is 0 Å². The molecule has 0 aliphatic heterocycles. The molecule has 0 spiro atoms. The Balaban J connectivity index is 2.15. The molecule has 2 unspecified atom stereocenters. The van der Waals surface area contributed by atoms with Gasteiger partial charge in [-0.25, -0.2) is 0 Å². The molecule has 1 aliphatic rings. The highest BCUT2D eigenvalue weighted by atomic mass is 16.5. The van der Waals surface area contributed by atoms with Gasteiger partial charge in [0.1, 0.15) is 12.1 Å². The lowest BCUT2D eigenvalue weighted by Gasteiger charge is -2.12. The molecule has 0 heterocycles. The topological polar surface area (TPSA) is 60.4 Å². The second-order valence-corrected chi connectivity index (χ2v) is 4.59. The lowest BCUT2D eigenvalue weighted by atomic mass is 9.91. The smallest absolute Gasteiger partial charge is 0.305 e. The minimum atomic E-state index is -0.187. The van der Waals surface area contributed by atoms with Gasteiger partial charge in [-0.05, 0) is 19.3 Å². The summed E-state index contributed by atoms with van der Waals surface area (Å²) >= 11 is 0. The second kappa shape index (κ2) is 7.20. The number of unbranched alkanes of at least 4 members (excludes halogenated alkanes) is 2. The third-order valence-corrected chi connectivity index (χ3v) is 3.45. The van der Waals surface area contributed by atoms with E-state index in [1.165, 1.54) is 7.11 Å². The van der Waals surface area contributed by atoms with Gasteiger partial charge in [0.15, 0.2) is 0 Å². The maximum absolute atomic E-state index is 11.5. The third-order valence-electron chi connectivity index (χ3n) is 3.45. The Morgan fingerprint density at radius 3 is 2.82 bits per heavy atom. The van der Waals surface area contributed by atoms with Crippen LogP contribution in [0.2, 0.25) is 0 Å². The molecule has 1 fully saturated rings. The number of methoxy groups -OCH3 is 1. The molecule has 0 aromatic carbocycles. The van der Waals surface area contributed by atoms with Gasteiger partial charge in [0.2, 0.25) is 0 Å². The fourth-order valence-electron chi connectivity index (χ4n) is 2.38. The van der Waals surface area contributed by atoms with Gasteiger partial charge in [-0.3, -0.25) is 9.59 Å². The summed E-state index contributed by atoms with van der Waals surface area (Å²) in [5.74, 6) is -0.0866. The van der Waals surface area contributed by atoms with E-state index in [0.29, 0.717) is 12.8 Å². The van der Waals surface area contributed by atoms with Crippen molar-refractivity contribution in [2.75, 3.05) is 7.11 Å². The molecule has 17 heavy (non-hydrogen) atoms. The van der Waals surface area contributed by atoms with Crippen molar-refractivity contribution in [1.29, 1.82) is 0 Å². The standard InChI is InChI=1S/C13H20O4/c1-17-13(16)6-4-2-3-5-11-10(9-14)7-8-12(11)15/h9-11H,2-8H2,1H3. The number of ether oxygens (including phenoxy) is 1. The van der Waals surface area contributed by atoms with E-state index in [-0.39, 0.29) is 23.6 Å². The molecule has 0 bridgehead atoms. The van der Waals surface area contributed by atoms with Gasteiger partial charge in [0, 0.05) is 24.7 Å². The zero-order valence-corrected chi connectivity index (χ0v) is 10.3. The highest BCUT2D eigenvalue weighted by Crippen LogP contribution is 2.31. The molecule has 1 aliphatic carbocycles. The lowest BCUT2D eigenvalue weighted by molar-refractivity contribution is -0.140. The molecule has 0 aromatic rings. The first kappa shape index (κ1) is 13.9. The Labute approximate surface area is 102 Å². The van der Waals surface area contributed by atoms with E-state index in [4.69, 9.17) is 0 Å². The van der Waals surface area contributed by atoms with Crippen molar-refractivity contribution in [2.45, 2.75) is 44.9 Å². The average Bonchev–Trinajstić information content (AvgIpc) is 2.69. The Morgan fingerprint density at radius 2 is 2.18 bits per heavy atom. The molecule has 0 amide bonds. The van der Waals surface area contributed by atoms with Crippen LogP contribution >= 0.6 is 0 Å². The van der Waals surface area contributed by atoms with Crippen LogP contribution in [0.3, 0.4) is 0 Å². The van der Waals surface area contributed by atoms with Gasteiger partial charge in [-0.15, -0.1) is 0 Å². The van der Waals surface area contributed by atoms with Crippen LogP contribution in [-0.4, -0.2) is 25.1 Å². The Bertz CT molecular complexity index is 285. The highest BCUT2D eigenvalue weighted by Gasteiger charge is 2.33. The number of hydrogen-bond donors (Lipinski definition) is 0. The Morgan fingerprint density at radius 1 is 1.41 bits per heavy atom. The molecule has 4 nitrogen and oxygen atoms in total. The molecular weight excluding hydrogens is 220 g/mol. The zero-order chi connectivity index (χ0) is 12.7. The molecule has 0 aromatic heterocycles. The first-order valence-electron chi connectivity index (χ1n) is 6.24. The van der Waals surface area contributed by atoms with Crippen LogP contribution in [0.1, 0.15) is 44.9 Å². The summed E-state index contributed by atoms with van der Waals surface area (Å²) in [6.07, 6.45) is 6.01. The summed E-state index contributed by atoms with van der Waals surface area (Å²) in [6, 6.07) is 0. The van der Waals surface area contributed by atoms with E-state index in [1.54, 1.807) is 0 Å². The van der Waals surface area contributed by atoms with Gasteiger partial charge < -0.3 is 9.53 Å². The van der Waals surface area contributed by atoms with Gasteiger partial charge >= 0.3 is 5.97 Å². The van der Waals surface area contributed by atoms with Crippen LogP contribution in [0.15, 0.2) is 0 Å². The minimum absolute atomic E-state index is 0.0642. The SMILES string of the molecule is COC(=O)CCCCCC1C(=O)CCC1C=O. The molecule has 96 valence electrons. The Kier molecular flexibility index (Phi) is 5.87. The minimum Gasteiger partial charge on any atom is -0.469 e. The van der Waals surface area contributed by atoms with E-state index in [0.717, 1.165) is 38.4 Å². The zero-order valence-electron chi connectivity index (χ0n) is 10.3. The summed E-state index contributed by atoms with van der Waals surface area (Å²) in [7, 11) is 1.38. The molecule has 0 radical (unpaired) electrons. The first-order chi connectivity index (χ1) is 8.19. The van der Waals surface area contributed by atoms with Crippen molar-refractivity contribution in [3.05, 3.63) is 0 Å². The summed E-state index contributed by atoms with van der Waals surface area (Å²) in [4.78, 5) is 33.2. The third kappa shape index (κ3) is 4.29. The average molecular weight is 240 g/mol. The lowest BCUT2D eigenvalue weighted by Crippen LogP contribution is -2.15. The molecule has 0 N–H and O–H groups in total. The second-order valence-electron chi connectivity index (χ2n) is 4.59. The van der Waals surface area contributed by atoms with E-state index in [1.807, 2.05) is 0 Å². The molecule has 0 saturated heterocycles. The number of carbonyl (C=O) groups is 3. The predicted molar refractivity (Wildman–Crippen MR) is 62.4 cm³/mol. The van der Waals surface area contributed by atoms with Crippen LogP contribution < -0.4 is 0 Å². The van der Waals surface area contributed by atoms with Gasteiger partial charge in [-0.2, -0.15) is 0 Å². The van der Waals surface area contributed by atoms with Crippen molar-refractivity contribution < 1.29 is 19.1 Å². The van der Waals surface area contributed by atoms with Crippen LogP contribution in [0, 0.1) is 11.8 Å². The maximum atomic E-state index is 11.5. The normalized spacial score (nSPS) is 23.7. The number of aldehydes is 1. The van der Waals surface area contributed by atoms with Crippen molar-refractivity contribution in [2.24, 2.45) is 11.8 Å². The number of Topliss-reactive ketones (excluding diaryl/α,β-unsaturated/α-hetero) is 1. The van der Waals surface area contributed by atoms with Crippen molar-refractivity contribution in [3.8, 4) is 0 Å². The molecule has 1 saturated carbocycles. The summed E-state index contributed by atoms with van der Waals surface area (Å²) in [5, 5.41) is 0. The fraction of sp³-hybridized carbons (Fsp3) is 0.769. The highest BCUT2D eigenvalue weighted by molar-refractivity contribution is 5.86. The number of carbonyl (C=O) groups excluding carboxylic acids is 3. The maximum Gasteiger partial charge on any atom is 0.305 e. The number of ketones is 1. The molecule has 4 heteroatoms. The van der Waals surface area contributed by atoms with Crippen molar-refractivity contribution in [1.82, 2.24) is 0 Å². The van der Waals surface area contributed by atoms with E-state index in [2.05, 4.69) is 4.74 Å². The predicted octanol–water partition coefficient (Wildman–Crippen LogP) is 1.90. The largest absolute Gasteiger partial charge is 0.469 e. The monoisotopic (exact) mass is 240 g/mol. The molecular formula is C13H20O4. The summed E-state index contributed by atoms with van der Waals surface area (Å²) in [5.41, 5.74) is 0. The fourth-order valence-corrected chi connectivity index (χ4v) is 2.38.